The van der Waals surface area contributed by atoms with Crippen molar-refractivity contribution in [2.24, 2.45) is 34.5 Å². The number of nitro groups is 1. The minimum atomic E-state index is -0.703. The van der Waals surface area contributed by atoms with Crippen LogP contribution in [0.1, 0.15) is 57.8 Å². The summed E-state index contributed by atoms with van der Waals surface area (Å²) in [5.74, 6) is -0.247. The van der Waals surface area contributed by atoms with Crippen LogP contribution in [0.5, 0.6) is 0 Å². The van der Waals surface area contributed by atoms with Crippen LogP contribution >= 0.6 is 0 Å². The molecule has 6 rings (SSSR count). The van der Waals surface area contributed by atoms with E-state index in [1.807, 2.05) is 0 Å². The van der Waals surface area contributed by atoms with Gasteiger partial charge in [-0.25, -0.2) is 4.79 Å². The summed E-state index contributed by atoms with van der Waals surface area (Å²) in [5.41, 5.74) is -0.724. The van der Waals surface area contributed by atoms with Crippen LogP contribution < -0.4 is 0 Å². The van der Waals surface area contributed by atoms with Gasteiger partial charge in [0.25, 0.3) is 5.69 Å². The number of rotatable bonds is 4. The van der Waals surface area contributed by atoms with Crippen molar-refractivity contribution in [3.05, 3.63) is 39.9 Å². The van der Waals surface area contributed by atoms with Crippen molar-refractivity contribution in [1.29, 1.82) is 0 Å². The molecule has 5 aliphatic carbocycles. The van der Waals surface area contributed by atoms with E-state index in [9.17, 15) is 24.8 Å². The number of hydrogen-bond acceptors (Lipinski definition) is 7. The van der Waals surface area contributed by atoms with E-state index in [0.29, 0.717) is 6.42 Å². The molecule has 174 valence electrons. The molecule has 8 nitrogen and oxygen atoms in total. The summed E-state index contributed by atoms with van der Waals surface area (Å²) in [6.07, 6.45) is -0.434. The second kappa shape index (κ2) is 7.54. The third-order valence-corrected chi connectivity index (χ3v) is 8.55. The molecule has 5 fully saturated rings. The van der Waals surface area contributed by atoms with Gasteiger partial charge in [-0.1, -0.05) is 27.7 Å². The van der Waals surface area contributed by atoms with Gasteiger partial charge in [0.15, 0.2) is 0 Å². The lowest BCUT2D eigenvalue weighted by molar-refractivity contribution is -0.384. The van der Waals surface area contributed by atoms with Crippen molar-refractivity contribution in [3.8, 4) is 0 Å². The highest BCUT2D eigenvalue weighted by Gasteiger charge is 2.75. The van der Waals surface area contributed by atoms with E-state index in [2.05, 4.69) is 27.7 Å². The minimum absolute atomic E-state index is 0.000627. The Morgan fingerprint density at radius 3 is 2.25 bits per heavy atom. The molecule has 0 unspecified atom stereocenters. The number of aliphatic hydroxyl groups is 1. The van der Waals surface area contributed by atoms with E-state index in [1.165, 1.54) is 31.2 Å². The Hall–Kier alpha value is -2.48. The van der Waals surface area contributed by atoms with Crippen LogP contribution in [-0.4, -0.2) is 40.3 Å². The highest BCUT2D eigenvalue weighted by Crippen LogP contribution is 2.74. The Morgan fingerprint density at radius 1 is 1.06 bits per heavy atom. The molecular formula is C24H31NO7. The fourth-order valence-electron chi connectivity index (χ4n) is 7.16. The average molecular weight is 446 g/mol. The first-order valence-electron chi connectivity index (χ1n) is 11.2. The number of fused-ring (bicyclic) bond motifs is 5. The van der Waals surface area contributed by atoms with E-state index in [0.717, 1.165) is 6.42 Å². The lowest BCUT2D eigenvalue weighted by Crippen LogP contribution is -2.71. The van der Waals surface area contributed by atoms with Gasteiger partial charge in [0.05, 0.1) is 16.6 Å². The fourth-order valence-corrected chi connectivity index (χ4v) is 7.16. The highest BCUT2D eigenvalue weighted by molar-refractivity contribution is 5.89. The zero-order valence-electron chi connectivity index (χ0n) is 19.1. The number of non-ortho nitro benzene ring substituents is 1. The predicted molar refractivity (Wildman–Crippen MR) is 115 cm³/mol. The largest absolute Gasteiger partial charge is 0.462 e. The maximum atomic E-state index is 12.9. The van der Waals surface area contributed by atoms with Crippen molar-refractivity contribution >= 4 is 17.6 Å². The number of nitro benzene ring substituents is 1. The van der Waals surface area contributed by atoms with Crippen molar-refractivity contribution in [2.75, 3.05) is 0 Å². The molecule has 5 aliphatic rings. The van der Waals surface area contributed by atoms with E-state index in [-0.39, 0.29) is 47.0 Å². The lowest BCUT2D eigenvalue weighted by atomic mass is 9.35. The second-order valence-corrected chi connectivity index (χ2v) is 10.6. The first-order chi connectivity index (χ1) is 14.9. The van der Waals surface area contributed by atoms with Gasteiger partial charge in [-0.05, 0) is 36.3 Å². The Labute approximate surface area is 187 Å². The molecule has 32 heavy (non-hydrogen) atoms. The molecule has 0 heterocycles. The van der Waals surface area contributed by atoms with Crippen LogP contribution in [0.4, 0.5) is 5.69 Å². The van der Waals surface area contributed by atoms with Gasteiger partial charge >= 0.3 is 11.9 Å². The van der Waals surface area contributed by atoms with Crippen molar-refractivity contribution in [1.82, 2.24) is 0 Å². The van der Waals surface area contributed by atoms with E-state index < -0.39 is 33.9 Å². The number of esters is 2. The molecule has 0 amide bonds. The number of carbonyl (C=O) groups excluding carboxylic acids is 2. The Balaban J connectivity index is 1.62. The molecule has 0 spiro atoms. The quantitative estimate of drug-likeness (QED) is 0.426. The average Bonchev–Trinajstić information content (AvgIpc) is 2.80. The fraction of sp³-hybridized carbons (Fsp3) is 0.667. The van der Waals surface area contributed by atoms with Crippen molar-refractivity contribution in [3.63, 3.8) is 0 Å². The van der Waals surface area contributed by atoms with E-state index in [4.69, 9.17) is 9.47 Å². The smallest absolute Gasteiger partial charge is 0.338 e. The zero-order valence-corrected chi connectivity index (χ0v) is 19.1. The Bertz CT molecular complexity index is 942. The maximum absolute atomic E-state index is 12.9. The third-order valence-electron chi connectivity index (χ3n) is 8.55. The van der Waals surface area contributed by atoms with E-state index >= 15 is 0 Å². The van der Waals surface area contributed by atoms with Crippen LogP contribution in [0, 0.1) is 44.6 Å². The zero-order chi connectivity index (χ0) is 23.6. The van der Waals surface area contributed by atoms with Gasteiger partial charge in [0.1, 0.15) is 12.2 Å². The van der Waals surface area contributed by atoms with Gasteiger partial charge in [-0.15, -0.1) is 0 Å². The molecule has 0 aliphatic heterocycles. The molecule has 8 atom stereocenters. The van der Waals surface area contributed by atoms with Crippen molar-refractivity contribution < 1.29 is 29.1 Å². The highest BCUT2D eigenvalue weighted by atomic mass is 16.6. The number of aliphatic hydroxyl groups excluding tert-OH is 1. The molecule has 4 bridgehead atoms. The monoisotopic (exact) mass is 445 g/mol. The summed E-state index contributed by atoms with van der Waals surface area (Å²) in [6, 6.07) is 5.32. The molecular weight excluding hydrogens is 414 g/mol. The molecule has 1 aromatic carbocycles. The molecule has 0 aromatic heterocycles. The summed E-state index contributed by atoms with van der Waals surface area (Å²) in [5, 5.41) is 22.2. The molecule has 5 saturated carbocycles. The normalized spacial score (nSPS) is 39.2. The van der Waals surface area contributed by atoms with E-state index in [1.54, 1.807) is 0 Å². The standard InChI is InChI=1S/C24H31NO7/c1-12-10-16(31-13(2)26)20-21-19(12)24(20,5)17(27)11-18(23(21,3)4)32-22(28)14-6-8-15(9-7-14)25(29)30/h6-9,12,16-21,27H,10-11H2,1-5H3/t12-,16+,17+,18+,19-,20+,21-,24+/m0/s1. The molecule has 8 heteroatoms. The molecule has 1 N–H and O–H groups in total. The van der Waals surface area contributed by atoms with Crippen molar-refractivity contribution in [2.45, 2.75) is 65.8 Å². The number of nitrogens with zero attached hydrogens (tertiary/aromatic N) is 1. The number of benzene rings is 1. The maximum Gasteiger partial charge on any atom is 0.338 e. The lowest BCUT2D eigenvalue weighted by Gasteiger charge is -2.70. The number of carbonyl (C=O) groups is 2. The number of ether oxygens (including phenoxy) is 2. The van der Waals surface area contributed by atoms with Crippen LogP contribution in [0.25, 0.3) is 0 Å². The van der Waals surface area contributed by atoms with Gasteiger partial charge < -0.3 is 14.6 Å². The van der Waals surface area contributed by atoms with Crippen LogP contribution in [0.3, 0.4) is 0 Å². The third kappa shape index (κ3) is 3.22. The molecule has 1 aromatic rings. The Morgan fingerprint density at radius 2 is 1.69 bits per heavy atom. The van der Waals surface area contributed by atoms with Crippen LogP contribution in [0.15, 0.2) is 24.3 Å². The number of hydrogen-bond donors (Lipinski definition) is 1. The van der Waals surface area contributed by atoms with Crippen LogP contribution in [0.2, 0.25) is 0 Å². The first kappa shape index (κ1) is 22.7. The van der Waals surface area contributed by atoms with Gasteiger partial charge in [-0.3, -0.25) is 14.9 Å². The summed E-state index contributed by atoms with van der Waals surface area (Å²) in [7, 11) is 0. The molecule has 0 radical (unpaired) electrons. The minimum Gasteiger partial charge on any atom is -0.462 e. The van der Waals surface area contributed by atoms with Gasteiger partial charge in [0.2, 0.25) is 0 Å². The molecule has 0 saturated heterocycles. The Kier molecular flexibility index (Phi) is 5.35. The summed E-state index contributed by atoms with van der Waals surface area (Å²) < 4.78 is 11.6. The SMILES string of the molecule is CC(=O)O[C@@H]1C[C@H](C)[C@H]2[C@H]3[C@@H]1[C@]2(C)[C@H](O)C[C@@H](OC(=O)c1ccc([N+](=O)[O-])cc1)C3(C)C. The van der Waals surface area contributed by atoms with Gasteiger partial charge in [-0.2, -0.15) is 0 Å². The van der Waals surface area contributed by atoms with Crippen LogP contribution in [-0.2, 0) is 14.3 Å². The van der Waals surface area contributed by atoms with Gasteiger partial charge in [0, 0.05) is 42.2 Å². The topological polar surface area (TPSA) is 116 Å². The second-order valence-electron chi connectivity index (χ2n) is 10.6. The summed E-state index contributed by atoms with van der Waals surface area (Å²) >= 11 is 0. The first-order valence-corrected chi connectivity index (χ1v) is 11.2. The summed E-state index contributed by atoms with van der Waals surface area (Å²) in [6.45, 7) is 9.76. The predicted octanol–water partition coefficient (Wildman–Crippen LogP) is 3.75. The summed E-state index contributed by atoms with van der Waals surface area (Å²) in [4.78, 5) is 35.0.